The molecular weight excluding hydrogens is 259 g/mol. The first-order chi connectivity index (χ1) is 8.97. The highest BCUT2D eigenvalue weighted by Gasteiger charge is 2.30. The van der Waals surface area contributed by atoms with Crippen LogP contribution in [0, 0.1) is 5.92 Å². The summed E-state index contributed by atoms with van der Waals surface area (Å²) in [6.07, 6.45) is -4.05. The average Bonchev–Trinajstić information content (AvgIpc) is 2.89. The number of benzene rings is 1. The summed E-state index contributed by atoms with van der Waals surface area (Å²) in [5.74, 6) is 0.479. The Morgan fingerprint density at radius 2 is 2.00 bits per heavy atom. The Hall–Kier alpha value is -1.27. The minimum absolute atomic E-state index is 0.0950. The van der Waals surface area contributed by atoms with Crippen molar-refractivity contribution in [3.63, 3.8) is 0 Å². The van der Waals surface area contributed by atoms with Gasteiger partial charge in [-0.2, -0.15) is 13.2 Å². The lowest BCUT2D eigenvalue weighted by atomic mass is 10.0. The number of halogens is 3. The van der Waals surface area contributed by atoms with Crippen LogP contribution in [0.1, 0.15) is 12.0 Å². The van der Waals surface area contributed by atoms with E-state index in [-0.39, 0.29) is 12.5 Å². The first-order valence-electron chi connectivity index (χ1n) is 6.15. The summed E-state index contributed by atoms with van der Waals surface area (Å²) >= 11 is 0. The highest BCUT2D eigenvalue weighted by molar-refractivity contribution is 5.28. The van der Waals surface area contributed by atoms with Gasteiger partial charge in [0.1, 0.15) is 12.4 Å². The van der Waals surface area contributed by atoms with Crippen molar-refractivity contribution < 1.29 is 23.0 Å². The number of aliphatic hydroxyl groups excluding tert-OH is 1. The summed E-state index contributed by atoms with van der Waals surface area (Å²) in [4.78, 5) is 0. The Bertz CT molecular complexity index is 399. The van der Waals surface area contributed by atoms with Gasteiger partial charge in [0.25, 0.3) is 0 Å². The van der Waals surface area contributed by atoms with Crippen LogP contribution in [0.15, 0.2) is 24.3 Å². The Kier molecular flexibility index (Phi) is 4.31. The SMILES string of the molecule is OC(COc1ccc(C(F)(F)F)cc1)C1CCNC1. The normalized spacial score (nSPS) is 21.4. The van der Waals surface area contributed by atoms with E-state index >= 15 is 0 Å². The number of rotatable bonds is 4. The van der Waals surface area contributed by atoms with Crippen LogP contribution in [0.4, 0.5) is 13.2 Å². The monoisotopic (exact) mass is 275 g/mol. The minimum Gasteiger partial charge on any atom is -0.491 e. The molecule has 0 saturated carbocycles. The lowest BCUT2D eigenvalue weighted by Crippen LogP contribution is -2.28. The van der Waals surface area contributed by atoms with Gasteiger partial charge in [-0.05, 0) is 37.2 Å². The van der Waals surface area contributed by atoms with Crippen LogP contribution in [-0.2, 0) is 6.18 Å². The molecule has 1 heterocycles. The van der Waals surface area contributed by atoms with E-state index in [1.807, 2.05) is 0 Å². The largest absolute Gasteiger partial charge is 0.491 e. The van der Waals surface area contributed by atoms with Crippen molar-refractivity contribution in [3.8, 4) is 5.75 Å². The van der Waals surface area contributed by atoms with Crippen LogP contribution in [0.2, 0.25) is 0 Å². The van der Waals surface area contributed by atoms with Gasteiger partial charge in [-0.15, -0.1) is 0 Å². The molecule has 3 nitrogen and oxygen atoms in total. The fraction of sp³-hybridized carbons (Fsp3) is 0.538. The molecule has 0 aromatic heterocycles. The molecule has 1 aromatic carbocycles. The molecular formula is C13H16F3NO2. The van der Waals surface area contributed by atoms with Gasteiger partial charge in [0.2, 0.25) is 0 Å². The molecule has 1 saturated heterocycles. The zero-order valence-corrected chi connectivity index (χ0v) is 10.3. The van der Waals surface area contributed by atoms with E-state index in [2.05, 4.69) is 5.32 Å². The molecule has 0 spiro atoms. The molecule has 1 aliphatic heterocycles. The third-order valence-electron chi connectivity index (χ3n) is 3.24. The van der Waals surface area contributed by atoms with E-state index in [1.54, 1.807) is 0 Å². The summed E-state index contributed by atoms with van der Waals surface area (Å²) in [6.45, 7) is 1.72. The lowest BCUT2D eigenvalue weighted by molar-refractivity contribution is -0.137. The van der Waals surface area contributed by atoms with Crippen molar-refractivity contribution in [2.75, 3.05) is 19.7 Å². The molecule has 0 aliphatic carbocycles. The highest BCUT2D eigenvalue weighted by Crippen LogP contribution is 2.30. The molecule has 2 rings (SSSR count). The van der Waals surface area contributed by atoms with Crippen molar-refractivity contribution in [2.45, 2.75) is 18.7 Å². The molecule has 1 aromatic rings. The van der Waals surface area contributed by atoms with Gasteiger partial charge < -0.3 is 15.2 Å². The molecule has 106 valence electrons. The summed E-state index contributed by atoms with van der Waals surface area (Å²) in [7, 11) is 0. The zero-order chi connectivity index (χ0) is 13.9. The van der Waals surface area contributed by atoms with Crippen LogP contribution in [0.25, 0.3) is 0 Å². The van der Waals surface area contributed by atoms with E-state index in [1.165, 1.54) is 12.1 Å². The van der Waals surface area contributed by atoms with Gasteiger partial charge >= 0.3 is 6.18 Å². The quantitative estimate of drug-likeness (QED) is 0.883. The van der Waals surface area contributed by atoms with Crippen LogP contribution >= 0.6 is 0 Å². The summed E-state index contributed by atoms with van der Waals surface area (Å²) in [6, 6.07) is 4.47. The molecule has 0 amide bonds. The molecule has 2 atom stereocenters. The molecule has 0 radical (unpaired) electrons. The van der Waals surface area contributed by atoms with Gasteiger partial charge in [0, 0.05) is 12.5 Å². The molecule has 1 fully saturated rings. The van der Waals surface area contributed by atoms with Crippen LogP contribution in [0.3, 0.4) is 0 Å². The highest BCUT2D eigenvalue weighted by atomic mass is 19.4. The number of aliphatic hydroxyl groups is 1. The van der Waals surface area contributed by atoms with Gasteiger partial charge in [-0.25, -0.2) is 0 Å². The van der Waals surface area contributed by atoms with Crippen molar-refractivity contribution in [3.05, 3.63) is 29.8 Å². The second-order valence-electron chi connectivity index (χ2n) is 4.65. The number of ether oxygens (including phenoxy) is 1. The van der Waals surface area contributed by atoms with E-state index in [9.17, 15) is 18.3 Å². The van der Waals surface area contributed by atoms with Crippen molar-refractivity contribution in [2.24, 2.45) is 5.92 Å². The van der Waals surface area contributed by atoms with Gasteiger partial charge in [-0.1, -0.05) is 0 Å². The van der Waals surface area contributed by atoms with Crippen molar-refractivity contribution in [1.82, 2.24) is 5.32 Å². The van der Waals surface area contributed by atoms with E-state index in [0.717, 1.165) is 31.6 Å². The number of hydrogen-bond donors (Lipinski definition) is 2. The summed E-state index contributed by atoms with van der Waals surface area (Å²) < 4.78 is 42.4. The average molecular weight is 275 g/mol. The predicted molar refractivity (Wildman–Crippen MR) is 63.9 cm³/mol. The van der Waals surface area contributed by atoms with Gasteiger partial charge in [0.05, 0.1) is 11.7 Å². The van der Waals surface area contributed by atoms with Gasteiger partial charge in [-0.3, -0.25) is 0 Å². The Morgan fingerprint density at radius 1 is 1.32 bits per heavy atom. The topological polar surface area (TPSA) is 41.5 Å². The smallest absolute Gasteiger partial charge is 0.416 e. The Morgan fingerprint density at radius 3 is 2.53 bits per heavy atom. The molecule has 6 heteroatoms. The third-order valence-corrected chi connectivity index (χ3v) is 3.24. The maximum atomic E-state index is 12.4. The third kappa shape index (κ3) is 3.84. The van der Waals surface area contributed by atoms with Crippen LogP contribution in [-0.4, -0.2) is 30.9 Å². The second-order valence-corrected chi connectivity index (χ2v) is 4.65. The summed E-state index contributed by atoms with van der Waals surface area (Å²) in [5.41, 5.74) is -0.708. The van der Waals surface area contributed by atoms with E-state index in [4.69, 9.17) is 4.74 Å². The number of nitrogens with one attached hydrogen (secondary N) is 1. The molecule has 0 bridgehead atoms. The van der Waals surface area contributed by atoms with Crippen LogP contribution in [0.5, 0.6) is 5.75 Å². The Balaban J connectivity index is 1.86. The minimum atomic E-state index is -4.34. The van der Waals surface area contributed by atoms with Crippen LogP contribution < -0.4 is 10.1 Å². The van der Waals surface area contributed by atoms with Crippen molar-refractivity contribution in [1.29, 1.82) is 0 Å². The molecule has 2 N–H and O–H groups in total. The number of alkyl halides is 3. The van der Waals surface area contributed by atoms with Gasteiger partial charge in [0.15, 0.2) is 0 Å². The standard InChI is InChI=1S/C13H16F3NO2/c14-13(15,16)10-1-3-11(4-2-10)19-8-12(18)9-5-6-17-7-9/h1-4,9,12,17-18H,5-8H2. The molecule has 1 aliphatic rings. The first kappa shape index (κ1) is 14.1. The molecule has 2 unspecified atom stereocenters. The maximum Gasteiger partial charge on any atom is 0.416 e. The predicted octanol–water partition coefficient (Wildman–Crippen LogP) is 2.05. The van der Waals surface area contributed by atoms with Crippen molar-refractivity contribution >= 4 is 0 Å². The Labute approximate surface area is 109 Å². The first-order valence-corrected chi connectivity index (χ1v) is 6.15. The fourth-order valence-corrected chi connectivity index (χ4v) is 2.06. The van der Waals surface area contributed by atoms with E-state index < -0.39 is 17.8 Å². The summed E-state index contributed by atoms with van der Waals surface area (Å²) in [5, 5.41) is 13.0. The second kappa shape index (κ2) is 5.79. The molecule has 19 heavy (non-hydrogen) atoms. The fourth-order valence-electron chi connectivity index (χ4n) is 2.06. The maximum absolute atomic E-state index is 12.4. The lowest BCUT2D eigenvalue weighted by Gasteiger charge is -2.17. The number of hydrogen-bond acceptors (Lipinski definition) is 3. The van der Waals surface area contributed by atoms with E-state index in [0.29, 0.717) is 5.75 Å². The zero-order valence-electron chi connectivity index (χ0n) is 10.3.